The average molecular weight is 222 g/mol. The number of hydrogen-bond donors (Lipinski definition) is 0. The fourth-order valence-corrected chi connectivity index (χ4v) is 2.04. The Hall–Kier alpha value is -1.12. The van der Waals surface area contributed by atoms with Gasteiger partial charge in [0, 0.05) is 24.2 Å². The molecule has 1 fully saturated rings. The summed E-state index contributed by atoms with van der Waals surface area (Å²) in [6.07, 6.45) is 3.67. The van der Waals surface area contributed by atoms with Crippen LogP contribution in [0.3, 0.4) is 0 Å². The van der Waals surface area contributed by atoms with Crippen LogP contribution in [0.5, 0.6) is 0 Å². The molecule has 3 heteroatoms. The van der Waals surface area contributed by atoms with Crippen LogP contribution in [0.25, 0.3) is 0 Å². The Balaban J connectivity index is 2.36. The lowest BCUT2D eigenvalue weighted by Gasteiger charge is -2.23. The third-order valence-electron chi connectivity index (χ3n) is 3.05. The summed E-state index contributed by atoms with van der Waals surface area (Å²) in [6, 6.07) is 1.90. The molecule has 0 atom stereocenters. The summed E-state index contributed by atoms with van der Waals surface area (Å²) in [5, 5.41) is 0. The van der Waals surface area contributed by atoms with Crippen LogP contribution >= 0.6 is 0 Å². The van der Waals surface area contributed by atoms with Crippen LogP contribution in [-0.2, 0) is 5.41 Å². The predicted octanol–water partition coefficient (Wildman–Crippen LogP) is 3.12. The molecule has 0 saturated carbocycles. The van der Waals surface area contributed by atoms with Gasteiger partial charge in [0.25, 0.3) is 0 Å². The van der Waals surface area contributed by atoms with Crippen LogP contribution in [-0.4, -0.2) is 18.1 Å². The molecule has 2 nitrogen and oxygen atoms in total. The number of rotatable bonds is 1. The van der Waals surface area contributed by atoms with Crippen molar-refractivity contribution in [3.8, 4) is 0 Å². The zero-order valence-electron chi connectivity index (χ0n) is 10.3. The average Bonchev–Trinajstić information content (AvgIpc) is 2.69. The fourth-order valence-electron chi connectivity index (χ4n) is 2.04. The van der Waals surface area contributed by atoms with Crippen molar-refractivity contribution in [2.24, 2.45) is 0 Å². The molecular formula is C13H19FN2. The van der Waals surface area contributed by atoms with E-state index in [2.05, 4.69) is 30.7 Å². The number of aromatic nitrogens is 1. The smallest absolute Gasteiger partial charge is 0.164 e. The van der Waals surface area contributed by atoms with Gasteiger partial charge in [-0.25, -0.2) is 4.39 Å². The minimum Gasteiger partial charge on any atom is -0.369 e. The number of pyridine rings is 1. The maximum Gasteiger partial charge on any atom is 0.164 e. The van der Waals surface area contributed by atoms with Crippen LogP contribution in [0, 0.1) is 5.82 Å². The second-order valence-electron chi connectivity index (χ2n) is 5.47. The minimum absolute atomic E-state index is 0.0256. The lowest BCUT2D eigenvalue weighted by atomic mass is 9.91. The maximum atomic E-state index is 13.7. The summed E-state index contributed by atoms with van der Waals surface area (Å²) in [5.41, 5.74) is 1.65. The minimum atomic E-state index is -0.199. The Morgan fingerprint density at radius 3 is 2.44 bits per heavy atom. The van der Waals surface area contributed by atoms with E-state index < -0.39 is 0 Å². The number of nitrogens with zero attached hydrogens (tertiary/aromatic N) is 2. The van der Waals surface area contributed by atoms with Crippen LogP contribution in [0.2, 0.25) is 0 Å². The van der Waals surface area contributed by atoms with E-state index in [0.717, 1.165) is 37.3 Å². The third-order valence-corrected chi connectivity index (χ3v) is 3.05. The maximum absolute atomic E-state index is 13.7. The van der Waals surface area contributed by atoms with E-state index in [0.29, 0.717) is 0 Å². The summed E-state index contributed by atoms with van der Waals surface area (Å²) < 4.78 is 13.7. The first-order chi connectivity index (χ1) is 7.48. The van der Waals surface area contributed by atoms with Crippen LogP contribution < -0.4 is 4.90 Å². The van der Waals surface area contributed by atoms with E-state index in [9.17, 15) is 4.39 Å². The van der Waals surface area contributed by atoms with Gasteiger partial charge >= 0.3 is 0 Å². The molecule has 0 amide bonds. The second-order valence-corrected chi connectivity index (χ2v) is 5.47. The Kier molecular flexibility index (Phi) is 2.87. The van der Waals surface area contributed by atoms with Crippen molar-refractivity contribution in [3.05, 3.63) is 23.8 Å². The molecule has 1 aliphatic heterocycles. The van der Waals surface area contributed by atoms with E-state index in [1.165, 1.54) is 6.20 Å². The van der Waals surface area contributed by atoms with Crippen LogP contribution in [0.1, 0.15) is 39.3 Å². The molecule has 0 bridgehead atoms. The van der Waals surface area contributed by atoms with Gasteiger partial charge in [-0.1, -0.05) is 20.8 Å². The quantitative estimate of drug-likeness (QED) is 0.725. The highest BCUT2D eigenvalue weighted by atomic mass is 19.1. The number of hydrogen-bond acceptors (Lipinski definition) is 2. The highest BCUT2D eigenvalue weighted by Crippen LogP contribution is 2.28. The summed E-state index contributed by atoms with van der Waals surface area (Å²) in [5.74, 6) is -0.199. The summed E-state index contributed by atoms with van der Waals surface area (Å²) >= 11 is 0. The predicted molar refractivity (Wildman–Crippen MR) is 64.3 cm³/mol. The third kappa shape index (κ3) is 2.18. The van der Waals surface area contributed by atoms with Gasteiger partial charge in [0.05, 0.1) is 11.9 Å². The molecule has 0 radical (unpaired) electrons. The first-order valence-electron chi connectivity index (χ1n) is 5.89. The van der Waals surface area contributed by atoms with Crippen LogP contribution in [0.4, 0.5) is 10.1 Å². The molecule has 0 N–H and O–H groups in total. The summed E-state index contributed by atoms with van der Waals surface area (Å²) in [4.78, 5) is 6.30. The normalized spacial score (nSPS) is 16.9. The van der Waals surface area contributed by atoms with Crippen molar-refractivity contribution in [2.75, 3.05) is 18.0 Å². The lowest BCUT2D eigenvalue weighted by Crippen LogP contribution is -2.21. The first-order valence-corrected chi connectivity index (χ1v) is 5.89. The second kappa shape index (κ2) is 4.04. The summed E-state index contributed by atoms with van der Waals surface area (Å²) in [6.45, 7) is 8.22. The van der Waals surface area contributed by atoms with Gasteiger partial charge in [0.2, 0.25) is 0 Å². The molecule has 88 valence electrons. The molecule has 2 heterocycles. The SMILES string of the molecule is CC(C)(C)c1cc(N2CCCC2)c(F)cn1. The Morgan fingerprint density at radius 2 is 1.88 bits per heavy atom. The Morgan fingerprint density at radius 1 is 1.25 bits per heavy atom. The summed E-state index contributed by atoms with van der Waals surface area (Å²) in [7, 11) is 0. The van der Waals surface area contributed by atoms with Crippen molar-refractivity contribution in [3.63, 3.8) is 0 Å². The van der Waals surface area contributed by atoms with Crippen molar-refractivity contribution < 1.29 is 4.39 Å². The zero-order chi connectivity index (χ0) is 11.8. The molecule has 2 rings (SSSR count). The molecule has 0 aliphatic carbocycles. The number of anilines is 1. The van der Waals surface area contributed by atoms with Gasteiger partial charge in [0.1, 0.15) is 0 Å². The Bertz CT molecular complexity index is 376. The van der Waals surface area contributed by atoms with Gasteiger partial charge < -0.3 is 4.90 Å². The largest absolute Gasteiger partial charge is 0.369 e. The van der Waals surface area contributed by atoms with Gasteiger partial charge in [-0.05, 0) is 18.9 Å². The van der Waals surface area contributed by atoms with E-state index in [4.69, 9.17) is 0 Å². The van der Waals surface area contributed by atoms with E-state index in [1.54, 1.807) is 0 Å². The van der Waals surface area contributed by atoms with Crippen molar-refractivity contribution in [1.82, 2.24) is 4.98 Å². The van der Waals surface area contributed by atoms with Crippen LogP contribution in [0.15, 0.2) is 12.3 Å². The fraction of sp³-hybridized carbons (Fsp3) is 0.615. The van der Waals surface area contributed by atoms with E-state index in [-0.39, 0.29) is 11.2 Å². The molecule has 0 aromatic carbocycles. The van der Waals surface area contributed by atoms with Crippen molar-refractivity contribution >= 4 is 5.69 Å². The van der Waals surface area contributed by atoms with Gasteiger partial charge in [-0.3, -0.25) is 4.98 Å². The van der Waals surface area contributed by atoms with Crippen molar-refractivity contribution in [1.29, 1.82) is 0 Å². The first kappa shape index (κ1) is 11.4. The topological polar surface area (TPSA) is 16.1 Å². The molecule has 1 aromatic heterocycles. The molecule has 1 aliphatic rings. The van der Waals surface area contributed by atoms with E-state index in [1.807, 2.05) is 6.07 Å². The molecule has 1 saturated heterocycles. The molecule has 0 spiro atoms. The monoisotopic (exact) mass is 222 g/mol. The highest BCUT2D eigenvalue weighted by Gasteiger charge is 2.21. The van der Waals surface area contributed by atoms with Crippen molar-refractivity contribution in [2.45, 2.75) is 39.0 Å². The molecular weight excluding hydrogens is 203 g/mol. The zero-order valence-corrected chi connectivity index (χ0v) is 10.3. The van der Waals surface area contributed by atoms with Gasteiger partial charge in [-0.15, -0.1) is 0 Å². The molecule has 16 heavy (non-hydrogen) atoms. The van der Waals surface area contributed by atoms with E-state index >= 15 is 0 Å². The molecule has 0 unspecified atom stereocenters. The van der Waals surface area contributed by atoms with Gasteiger partial charge in [-0.2, -0.15) is 0 Å². The lowest BCUT2D eigenvalue weighted by molar-refractivity contribution is 0.556. The highest BCUT2D eigenvalue weighted by molar-refractivity contribution is 5.49. The molecule has 1 aromatic rings. The number of halogens is 1. The standard InChI is InChI=1S/C13H19FN2/c1-13(2,3)12-8-11(10(14)9-15-12)16-6-4-5-7-16/h8-9H,4-7H2,1-3H3. The Labute approximate surface area is 96.5 Å². The van der Waals surface area contributed by atoms with Gasteiger partial charge in [0.15, 0.2) is 5.82 Å².